The molecule has 0 aliphatic carbocycles. The van der Waals surface area contributed by atoms with Crippen LogP contribution in [0.4, 0.5) is 0 Å². The molecule has 1 atom stereocenters. The molecule has 5 nitrogen and oxygen atoms in total. The van der Waals surface area contributed by atoms with E-state index in [9.17, 15) is 0 Å². The Hall–Kier alpha value is -1.17. The molecule has 0 bridgehead atoms. The van der Waals surface area contributed by atoms with Gasteiger partial charge in [0, 0.05) is 43.5 Å². The van der Waals surface area contributed by atoms with Crippen LogP contribution >= 0.6 is 0 Å². The Morgan fingerprint density at radius 2 is 2.39 bits per heavy atom. The van der Waals surface area contributed by atoms with E-state index in [4.69, 9.17) is 15.2 Å². The molecule has 1 aromatic heterocycles. The lowest BCUT2D eigenvalue weighted by Gasteiger charge is -2.34. The van der Waals surface area contributed by atoms with Crippen LogP contribution in [0.5, 0.6) is 5.75 Å². The number of aryl methyl sites for hydroxylation is 1. The largest absolute Gasteiger partial charge is 0.497 e. The highest BCUT2D eigenvalue weighted by Gasteiger charge is 2.22. The minimum atomic E-state index is 0.284. The van der Waals surface area contributed by atoms with Gasteiger partial charge in [-0.25, -0.2) is 0 Å². The van der Waals surface area contributed by atoms with Crippen molar-refractivity contribution in [3.8, 4) is 5.75 Å². The molecule has 18 heavy (non-hydrogen) atoms. The zero-order valence-electron chi connectivity index (χ0n) is 11.1. The summed E-state index contributed by atoms with van der Waals surface area (Å²) in [5.74, 6) is 0.857. The summed E-state index contributed by atoms with van der Waals surface area (Å²) in [5, 5.41) is 0. The number of morpholine rings is 1. The Morgan fingerprint density at radius 3 is 3.11 bits per heavy atom. The van der Waals surface area contributed by atoms with Crippen molar-refractivity contribution in [1.29, 1.82) is 0 Å². The van der Waals surface area contributed by atoms with Crippen molar-refractivity contribution in [1.82, 2.24) is 9.88 Å². The molecule has 0 spiro atoms. The Labute approximate surface area is 108 Å². The van der Waals surface area contributed by atoms with Gasteiger partial charge in [-0.15, -0.1) is 0 Å². The number of ether oxygens (including phenoxy) is 2. The molecule has 0 radical (unpaired) electrons. The van der Waals surface area contributed by atoms with Crippen molar-refractivity contribution in [3.63, 3.8) is 0 Å². The van der Waals surface area contributed by atoms with Crippen molar-refractivity contribution in [2.45, 2.75) is 19.5 Å². The average Bonchev–Trinajstić information content (AvgIpc) is 2.38. The van der Waals surface area contributed by atoms with E-state index in [0.717, 1.165) is 36.8 Å². The Kier molecular flexibility index (Phi) is 4.52. The Morgan fingerprint density at radius 1 is 1.56 bits per heavy atom. The number of nitrogens with zero attached hydrogens (tertiary/aromatic N) is 2. The molecule has 1 saturated heterocycles. The summed E-state index contributed by atoms with van der Waals surface area (Å²) >= 11 is 0. The summed E-state index contributed by atoms with van der Waals surface area (Å²) in [4.78, 5) is 6.87. The van der Waals surface area contributed by atoms with E-state index in [1.54, 1.807) is 7.11 Å². The third kappa shape index (κ3) is 3.19. The van der Waals surface area contributed by atoms with E-state index in [2.05, 4.69) is 9.88 Å². The number of hydrogen-bond acceptors (Lipinski definition) is 5. The third-order valence-corrected chi connectivity index (χ3v) is 3.20. The first-order chi connectivity index (χ1) is 8.72. The first-order valence-corrected chi connectivity index (χ1v) is 6.26. The summed E-state index contributed by atoms with van der Waals surface area (Å²) in [6.07, 6.45) is 0. The van der Waals surface area contributed by atoms with Gasteiger partial charge in [-0.2, -0.15) is 0 Å². The number of pyridine rings is 1. The van der Waals surface area contributed by atoms with E-state index in [1.807, 2.05) is 19.1 Å². The molecular formula is C13H21N3O2. The monoisotopic (exact) mass is 251 g/mol. The van der Waals surface area contributed by atoms with E-state index < -0.39 is 0 Å². The smallest absolute Gasteiger partial charge is 0.122 e. The normalized spacial score (nSPS) is 20.9. The fourth-order valence-corrected chi connectivity index (χ4v) is 2.22. The van der Waals surface area contributed by atoms with E-state index in [1.165, 1.54) is 0 Å². The van der Waals surface area contributed by atoms with Crippen LogP contribution in [0, 0.1) is 6.92 Å². The molecule has 1 fully saturated rings. The lowest BCUT2D eigenvalue weighted by atomic mass is 10.2. The van der Waals surface area contributed by atoms with E-state index >= 15 is 0 Å². The van der Waals surface area contributed by atoms with Crippen LogP contribution in [0.3, 0.4) is 0 Å². The number of hydrogen-bond donors (Lipinski definition) is 1. The molecule has 2 N–H and O–H groups in total. The molecule has 100 valence electrons. The molecule has 0 amide bonds. The van der Waals surface area contributed by atoms with Gasteiger partial charge in [0.25, 0.3) is 0 Å². The minimum absolute atomic E-state index is 0.284. The zero-order chi connectivity index (χ0) is 13.0. The second-order valence-corrected chi connectivity index (χ2v) is 4.57. The maximum absolute atomic E-state index is 5.77. The van der Waals surface area contributed by atoms with E-state index in [0.29, 0.717) is 13.2 Å². The van der Waals surface area contributed by atoms with Crippen LogP contribution in [-0.4, -0.2) is 49.3 Å². The van der Waals surface area contributed by atoms with Gasteiger partial charge in [0.05, 0.1) is 26.0 Å². The van der Waals surface area contributed by atoms with Gasteiger partial charge in [-0.1, -0.05) is 0 Å². The fourth-order valence-electron chi connectivity index (χ4n) is 2.22. The summed E-state index contributed by atoms with van der Waals surface area (Å²) in [6, 6.07) is 4.20. The molecule has 1 aromatic rings. The number of aromatic nitrogens is 1. The van der Waals surface area contributed by atoms with Crippen LogP contribution in [0.2, 0.25) is 0 Å². The third-order valence-electron chi connectivity index (χ3n) is 3.20. The highest BCUT2D eigenvalue weighted by molar-refractivity contribution is 5.26. The zero-order valence-corrected chi connectivity index (χ0v) is 11.1. The van der Waals surface area contributed by atoms with Crippen molar-refractivity contribution in [2.75, 3.05) is 33.4 Å². The van der Waals surface area contributed by atoms with Gasteiger partial charge in [0.2, 0.25) is 0 Å². The van der Waals surface area contributed by atoms with Crippen molar-refractivity contribution >= 4 is 0 Å². The van der Waals surface area contributed by atoms with Crippen LogP contribution < -0.4 is 10.5 Å². The number of methoxy groups -OCH3 is 1. The molecule has 2 heterocycles. The molecule has 0 saturated carbocycles. The fraction of sp³-hybridized carbons (Fsp3) is 0.615. The average molecular weight is 251 g/mol. The lowest BCUT2D eigenvalue weighted by molar-refractivity contribution is -0.00849. The summed E-state index contributed by atoms with van der Waals surface area (Å²) < 4.78 is 10.7. The van der Waals surface area contributed by atoms with Gasteiger partial charge >= 0.3 is 0 Å². The second kappa shape index (κ2) is 6.13. The summed E-state index contributed by atoms with van der Waals surface area (Å²) in [7, 11) is 1.68. The molecule has 2 rings (SSSR count). The van der Waals surface area contributed by atoms with E-state index in [-0.39, 0.29) is 6.04 Å². The van der Waals surface area contributed by atoms with Gasteiger partial charge < -0.3 is 15.2 Å². The number of rotatable bonds is 4. The lowest BCUT2D eigenvalue weighted by Crippen LogP contribution is -2.48. The predicted molar refractivity (Wildman–Crippen MR) is 69.6 cm³/mol. The first kappa shape index (κ1) is 13.3. The predicted octanol–water partition coefficient (Wildman–Crippen LogP) is 0.558. The van der Waals surface area contributed by atoms with Gasteiger partial charge in [-0.3, -0.25) is 9.88 Å². The first-order valence-electron chi connectivity index (χ1n) is 6.26. The highest BCUT2D eigenvalue weighted by Crippen LogP contribution is 2.16. The maximum Gasteiger partial charge on any atom is 0.122 e. The minimum Gasteiger partial charge on any atom is -0.497 e. The quantitative estimate of drug-likeness (QED) is 0.847. The molecule has 5 heteroatoms. The topological polar surface area (TPSA) is 60.6 Å². The standard InChI is InChI=1S/C13H21N3O2/c1-10-5-13(17-2)6-11(15-10)8-16-3-4-18-9-12(16)7-14/h5-6,12H,3-4,7-9,14H2,1-2H3. The molecule has 0 aromatic carbocycles. The van der Waals surface area contributed by atoms with Crippen LogP contribution in [0.15, 0.2) is 12.1 Å². The molecular weight excluding hydrogens is 230 g/mol. The Bertz CT molecular complexity index is 398. The van der Waals surface area contributed by atoms with Crippen molar-refractivity contribution < 1.29 is 9.47 Å². The SMILES string of the molecule is COc1cc(C)nc(CN2CCOCC2CN)c1. The summed E-state index contributed by atoms with van der Waals surface area (Å²) in [5.41, 5.74) is 7.76. The highest BCUT2D eigenvalue weighted by atomic mass is 16.5. The van der Waals surface area contributed by atoms with Crippen LogP contribution in [0.1, 0.15) is 11.4 Å². The number of nitrogens with two attached hydrogens (primary N) is 1. The Balaban J connectivity index is 2.09. The molecule has 1 unspecified atom stereocenters. The van der Waals surface area contributed by atoms with Crippen molar-refractivity contribution in [2.24, 2.45) is 5.73 Å². The summed E-state index contributed by atoms with van der Waals surface area (Å²) in [6.45, 7) is 5.76. The van der Waals surface area contributed by atoms with Crippen LogP contribution in [-0.2, 0) is 11.3 Å². The maximum atomic E-state index is 5.77. The van der Waals surface area contributed by atoms with Gasteiger partial charge in [-0.05, 0) is 6.92 Å². The van der Waals surface area contributed by atoms with Gasteiger partial charge in [0.15, 0.2) is 0 Å². The van der Waals surface area contributed by atoms with Crippen molar-refractivity contribution in [3.05, 3.63) is 23.5 Å². The second-order valence-electron chi connectivity index (χ2n) is 4.57. The van der Waals surface area contributed by atoms with Gasteiger partial charge in [0.1, 0.15) is 5.75 Å². The molecule has 1 aliphatic rings. The van der Waals surface area contributed by atoms with Crippen LogP contribution in [0.25, 0.3) is 0 Å². The molecule has 1 aliphatic heterocycles.